The lowest BCUT2D eigenvalue weighted by molar-refractivity contribution is -0.159. The molecule has 2 atom stereocenters. The Bertz CT molecular complexity index is 1230. The molecule has 8 nitrogen and oxygen atoms in total. The van der Waals surface area contributed by atoms with Crippen LogP contribution in [0.1, 0.15) is 52.5 Å². The Balaban J connectivity index is 1.30. The summed E-state index contributed by atoms with van der Waals surface area (Å²) in [4.78, 5) is 27.3. The Kier molecular flexibility index (Phi) is 7.55. The van der Waals surface area contributed by atoms with Crippen molar-refractivity contribution in [1.29, 1.82) is 0 Å². The number of esters is 2. The SMILES string of the molecule is COC(=O)c1cc(COc2cccc([C@@H](CC(=O)O[C@H]3CN4CCC3CC4)c3ccccc3)c2)n(C)n1. The Hall–Kier alpha value is -3.65. The number of piperidine rings is 3. The molecular formula is C29H33N3O5. The van der Waals surface area contributed by atoms with Crippen LogP contribution in [-0.2, 0) is 27.9 Å². The second-order valence-electron chi connectivity index (χ2n) is 9.83. The molecule has 6 rings (SSSR count). The van der Waals surface area contributed by atoms with E-state index < -0.39 is 5.97 Å². The van der Waals surface area contributed by atoms with Gasteiger partial charge in [-0.3, -0.25) is 14.4 Å². The third kappa shape index (κ3) is 5.85. The van der Waals surface area contributed by atoms with Crippen LogP contribution in [0.15, 0.2) is 60.7 Å². The summed E-state index contributed by atoms with van der Waals surface area (Å²) < 4.78 is 18.4. The van der Waals surface area contributed by atoms with Gasteiger partial charge in [-0.15, -0.1) is 0 Å². The van der Waals surface area contributed by atoms with Crippen molar-refractivity contribution in [3.05, 3.63) is 83.2 Å². The lowest BCUT2D eigenvalue weighted by Gasteiger charge is -2.44. The summed E-state index contributed by atoms with van der Waals surface area (Å²) in [5.74, 6) is 0.349. The Morgan fingerprint density at radius 1 is 1.03 bits per heavy atom. The van der Waals surface area contributed by atoms with Crippen LogP contribution in [0, 0.1) is 5.92 Å². The van der Waals surface area contributed by atoms with Crippen molar-refractivity contribution in [1.82, 2.24) is 14.7 Å². The molecule has 0 unspecified atom stereocenters. The van der Waals surface area contributed by atoms with Crippen LogP contribution in [-0.4, -0.2) is 59.5 Å². The molecule has 194 valence electrons. The third-order valence-corrected chi connectivity index (χ3v) is 7.47. The van der Waals surface area contributed by atoms with E-state index in [1.54, 1.807) is 17.8 Å². The van der Waals surface area contributed by atoms with Gasteiger partial charge in [-0.05, 0) is 61.2 Å². The highest BCUT2D eigenvalue weighted by molar-refractivity contribution is 5.87. The third-order valence-electron chi connectivity index (χ3n) is 7.47. The maximum absolute atomic E-state index is 13.1. The molecule has 37 heavy (non-hydrogen) atoms. The van der Waals surface area contributed by atoms with Gasteiger partial charge in [0.15, 0.2) is 5.69 Å². The largest absolute Gasteiger partial charge is 0.487 e. The van der Waals surface area contributed by atoms with Crippen LogP contribution in [0.25, 0.3) is 0 Å². The summed E-state index contributed by atoms with van der Waals surface area (Å²) in [5.41, 5.74) is 3.02. The smallest absolute Gasteiger partial charge is 0.358 e. The average molecular weight is 504 g/mol. The molecule has 0 spiro atoms. The zero-order valence-corrected chi connectivity index (χ0v) is 21.3. The highest BCUT2D eigenvalue weighted by Gasteiger charge is 2.36. The molecule has 3 aromatic rings. The van der Waals surface area contributed by atoms with Crippen LogP contribution in [0.3, 0.4) is 0 Å². The zero-order valence-electron chi connectivity index (χ0n) is 21.3. The Morgan fingerprint density at radius 2 is 1.78 bits per heavy atom. The van der Waals surface area contributed by atoms with Crippen molar-refractivity contribution in [2.75, 3.05) is 26.7 Å². The number of benzene rings is 2. The predicted molar refractivity (Wildman–Crippen MR) is 137 cm³/mol. The number of methoxy groups -OCH3 is 1. The van der Waals surface area contributed by atoms with Crippen LogP contribution in [0.5, 0.6) is 5.75 Å². The number of fused-ring (bicyclic) bond motifs is 3. The number of hydrogen-bond acceptors (Lipinski definition) is 7. The molecule has 8 heteroatoms. The van der Waals surface area contributed by atoms with Gasteiger partial charge in [-0.25, -0.2) is 4.79 Å². The monoisotopic (exact) mass is 503 g/mol. The van der Waals surface area contributed by atoms with E-state index in [4.69, 9.17) is 14.2 Å². The normalized spacial score (nSPS) is 21.3. The fourth-order valence-corrected chi connectivity index (χ4v) is 5.37. The first-order valence-corrected chi connectivity index (χ1v) is 12.8. The molecule has 3 saturated heterocycles. The Labute approximate surface area is 217 Å². The van der Waals surface area contributed by atoms with Gasteiger partial charge in [-0.2, -0.15) is 5.10 Å². The molecule has 2 aromatic carbocycles. The number of ether oxygens (including phenoxy) is 3. The van der Waals surface area contributed by atoms with E-state index >= 15 is 0 Å². The summed E-state index contributed by atoms with van der Waals surface area (Å²) in [6.07, 6.45) is 2.48. The number of hydrogen-bond donors (Lipinski definition) is 0. The summed E-state index contributed by atoms with van der Waals surface area (Å²) in [7, 11) is 3.09. The van der Waals surface area contributed by atoms with Crippen molar-refractivity contribution in [2.24, 2.45) is 13.0 Å². The van der Waals surface area contributed by atoms with E-state index in [0.717, 1.165) is 49.3 Å². The zero-order chi connectivity index (χ0) is 25.8. The molecule has 0 radical (unpaired) electrons. The predicted octanol–water partition coefficient (Wildman–Crippen LogP) is 3.95. The molecule has 0 aliphatic carbocycles. The molecule has 0 saturated carbocycles. The molecular weight excluding hydrogens is 470 g/mol. The highest BCUT2D eigenvalue weighted by Crippen LogP contribution is 2.33. The summed E-state index contributed by atoms with van der Waals surface area (Å²) in [5, 5.41) is 4.18. The average Bonchev–Trinajstić information content (AvgIpc) is 3.31. The van der Waals surface area contributed by atoms with Gasteiger partial charge in [-0.1, -0.05) is 42.5 Å². The number of rotatable bonds is 9. The minimum absolute atomic E-state index is 0.00475. The van der Waals surface area contributed by atoms with Gasteiger partial charge in [0.2, 0.25) is 0 Å². The molecule has 3 aliphatic rings. The fourth-order valence-electron chi connectivity index (χ4n) is 5.37. The second-order valence-corrected chi connectivity index (χ2v) is 9.83. The summed E-state index contributed by atoms with van der Waals surface area (Å²) in [6, 6.07) is 19.5. The highest BCUT2D eigenvalue weighted by atomic mass is 16.5. The molecule has 0 amide bonds. The maximum Gasteiger partial charge on any atom is 0.358 e. The van der Waals surface area contributed by atoms with E-state index in [1.165, 1.54) is 7.11 Å². The lowest BCUT2D eigenvalue weighted by atomic mass is 9.85. The van der Waals surface area contributed by atoms with E-state index in [0.29, 0.717) is 11.7 Å². The number of carbonyl (C=O) groups excluding carboxylic acids is 2. The van der Waals surface area contributed by atoms with E-state index in [1.807, 2.05) is 54.6 Å². The topological polar surface area (TPSA) is 82.9 Å². The molecule has 4 heterocycles. The van der Waals surface area contributed by atoms with Crippen molar-refractivity contribution >= 4 is 11.9 Å². The van der Waals surface area contributed by atoms with Gasteiger partial charge in [0.1, 0.15) is 18.5 Å². The first-order chi connectivity index (χ1) is 18.0. The van der Waals surface area contributed by atoms with Gasteiger partial charge < -0.3 is 14.2 Å². The van der Waals surface area contributed by atoms with Crippen LogP contribution >= 0.6 is 0 Å². The number of aryl methyl sites for hydroxylation is 1. The fraction of sp³-hybridized carbons (Fsp3) is 0.414. The molecule has 0 N–H and O–H groups in total. The first kappa shape index (κ1) is 25.0. The van der Waals surface area contributed by atoms with Crippen LogP contribution in [0.2, 0.25) is 0 Å². The number of nitrogens with zero attached hydrogens (tertiary/aromatic N) is 3. The van der Waals surface area contributed by atoms with Gasteiger partial charge in [0.05, 0.1) is 19.2 Å². The quantitative estimate of drug-likeness (QED) is 0.409. The van der Waals surface area contributed by atoms with E-state index in [9.17, 15) is 9.59 Å². The molecule has 3 aliphatic heterocycles. The van der Waals surface area contributed by atoms with Gasteiger partial charge in [0.25, 0.3) is 0 Å². The summed E-state index contributed by atoms with van der Waals surface area (Å²) >= 11 is 0. The van der Waals surface area contributed by atoms with E-state index in [2.05, 4.69) is 10.00 Å². The molecule has 2 bridgehead atoms. The Morgan fingerprint density at radius 3 is 2.49 bits per heavy atom. The number of carbonyl (C=O) groups is 2. The molecule has 1 aromatic heterocycles. The first-order valence-electron chi connectivity index (χ1n) is 12.8. The molecule has 3 fully saturated rings. The second kappa shape index (κ2) is 11.2. The van der Waals surface area contributed by atoms with Crippen molar-refractivity contribution in [3.8, 4) is 5.75 Å². The van der Waals surface area contributed by atoms with Gasteiger partial charge in [0, 0.05) is 19.5 Å². The van der Waals surface area contributed by atoms with Crippen LogP contribution in [0.4, 0.5) is 0 Å². The minimum atomic E-state index is -0.486. The van der Waals surface area contributed by atoms with E-state index in [-0.39, 0.29) is 36.7 Å². The number of aromatic nitrogens is 2. The van der Waals surface area contributed by atoms with Crippen molar-refractivity contribution in [2.45, 2.75) is 37.9 Å². The standard InChI is InChI=1S/C29H33N3O5/c1-31-23(16-26(30-31)29(34)35-2)19-36-24-10-6-9-22(15-24)25(20-7-4-3-5-8-20)17-28(33)37-27-18-32-13-11-21(27)12-14-32/h3-10,15-16,21,25,27H,11-14,17-19H2,1-2H3/t25-,27-/m0/s1. The van der Waals surface area contributed by atoms with Crippen molar-refractivity contribution < 1.29 is 23.8 Å². The minimum Gasteiger partial charge on any atom is -0.487 e. The van der Waals surface area contributed by atoms with Crippen molar-refractivity contribution in [3.63, 3.8) is 0 Å². The summed E-state index contributed by atoms with van der Waals surface area (Å²) in [6.45, 7) is 3.31. The van der Waals surface area contributed by atoms with Gasteiger partial charge >= 0.3 is 11.9 Å². The van der Waals surface area contributed by atoms with Crippen LogP contribution < -0.4 is 4.74 Å². The lowest BCUT2D eigenvalue weighted by Crippen LogP contribution is -2.52. The maximum atomic E-state index is 13.1.